The van der Waals surface area contributed by atoms with Crippen LogP contribution in [0.4, 0.5) is 0 Å². The minimum Gasteiger partial charge on any atom is -0.330 e. The van der Waals surface area contributed by atoms with Crippen molar-refractivity contribution in [2.24, 2.45) is 11.1 Å². The molecule has 92 valence electrons. The maximum atomic E-state index is 5.95. The van der Waals surface area contributed by atoms with Gasteiger partial charge in [0.25, 0.3) is 0 Å². The summed E-state index contributed by atoms with van der Waals surface area (Å²) in [5, 5.41) is 0. The third-order valence-electron chi connectivity index (χ3n) is 4.09. The molecule has 2 nitrogen and oxygen atoms in total. The highest BCUT2D eigenvalue weighted by Crippen LogP contribution is 2.27. The zero-order valence-electron chi connectivity index (χ0n) is 11.3. The molecule has 15 heavy (non-hydrogen) atoms. The first kappa shape index (κ1) is 14.9. The molecule has 0 saturated carbocycles. The summed E-state index contributed by atoms with van der Waals surface area (Å²) < 4.78 is 0. The molecule has 0 aromatic carbocycles. The molecule has 0 fully saturated rings. The monoisotopic (exact) mass is 214 g/mol. The van der Waals surface area contributed by atoms with E-state index < -0.39 is 0 Å². The Hall–Kier alpha value is -0.0800. The van der Waals surface area contributed by atoms with E-state index in [1.807, 2.05) is 0 Å². The van der Waals surface area contributed by atoms with Gasteiger partial charge in [0.15, 0.2) is 0 Å². The zero-order valence-corrected chi connectivity index (χ0v) is 11.3. The van der Waals surface area contributed by atoms with Crippen LogP contribution < -0.4 is 5.73 Å². The molecule has 1 atom stereocenters. The minimum absolute atomic E-state index is 0.333. The van der Waals surface area contributed by atoms with Gasteiger partial charge in [-0.1, -0.05) is 27.7 Å². The summed E-state index contributed by atoms with van der Waals surface area (Å²) in [6.45, 7) is 14.5. The van der Waals surface area contributed by atoms with Crippen LogP contribution in [0.3, 0.4) is 0 Å². The predicted octanol–water partition coefficient (Wildman–Crippen LogP) is 2.87. The van der Waals surface area contributed by atoms with Crippen LogP contribution in [-0.4, -0.2) is 30.6 Å². The third kappa shape index (κ3) is 4.12. The molecule has 0 heterocycles. The van der Waals surface area contributed by atoms with Crippen molar-refractivity contribution >= 4 is 0 Å². The van der Waals surface area contributed by atoms with Gasteiger partial charge in [0, 0.05) is 12.6 Å². The summed E-state index contributed by atoms with van der Waals surface area (Å²) in [5.41, 5.74) is 6.28. The first-order valence-corrected chi connectivity index (χ1v) is 6.53. The number of nitrogens with two attached hydrogens (primary N) is 1. The molecule has 0 saturated heterocycles. The van der Waals surface area contributed by atoms with Crippen LogP contribution in [0.2, 0.25) is 0 Å². The van der Waals surface area contributed by atoms with E-state index >= 15 is 0 Å². The molecule has 1 unspecified atom stereocenters. The van der Waals surface area contributed by atoms with E-state index in [-0.39, 0.29) is 0 Å². The van der Waals surface area contributed by atoms with Gasteiger partial charge in [0.1, 0.15) is 0 Å². The maximum absolute atomic E-state index is 5.95. The fourth-order valence-electron chi connectivity index (χ4n) is 2.10. The molecule has 2 N–H and O–H groups in total. The van der Waals surface area contributed by atoms with E-state index in [1.54, 1.807) is 0 Å². The van der Waals surface area contributed by atoms with Gasteiger partial charge in [0.05, 0.1) is 0 Å². The van der Waals surface area contributed by atoms with Crippen molar-refractivity contribution in [3.8, 4) is 0 Å². The highest BCUT2D eigenvalue weighted by molar-refractivity contribution is 4.82. The fraction of sp³-hybridized carbons (Fsp3) is 1.00. The Bertz CT molecular complexity index is 144. The average Bonchev–Trinajstić information content (AvgIpc) is 2.31. The van der Waals surface area contributed by atoms with Crippen LogP contribution in [0.25, 0.3) is 0 Å². The fourth-order valence-corrected chi connectivity index (χ4v) is 2.10. The number of rotatable bonds is 8. The Morgan fingerprint density at radius 2 is 1.67 bits per heavy atom. The van der Waals surface area contributed by atoms with Crippen molar-refractivity contribution in [1.29, 1.82) is 0 Å². The largest absolute Gasteiger partial charge is 0.330 e. The first-order valence-electron chi connectivity index (χ1n) is 6.53. The van der Waals surface area contributed by atoms with Crippen LogP contribution in [0.5, 0.6) is 0 Å². The lowest BCUT2D eigenvalue weighted by molar-refractivity contribution is 0.114. The Morgan fingerprint density at radius 3 is 1.93 bits per heavy atom. The second-order valence-electron chi connectivity index (χ2n) is 4.73. The van der Waals surface area contributed by atoms with Crippen molar-refractivity contribution < 1.29 is 0 Å². The molecule has 0 bridgehead atoms. The van der Waals surface area contributed by atoms with Crippen LogP contribution in [0.15, 0.2) is 0 Å². The SMILES string of the molecule is CCC(C)N(CC)CC(CC)(CC)CN. The quantitative estimate of drug-likeness (QED) is 0.673. The van der Waals surface area contributed by atoms with Gasteiger partial charge < -0.3 is 10.6 Å². The van der Waals surface area contributed by atoms with Crippen LogP contribution in [-0.2, 0) is 0 Å². The summed E-state index contributed by atoms with van der Waals surface area (Å²) in [4.78, 5) is 2.57. The summed E-state index contributed by atoms with van der Waals surface area (Å²) >= 11 is 0. The van der Waals surface area contributed by atoms with Gasteiger partial charge in [-0.15, -0.1) is 0 Å². The molecule has 0 aliphatic carbocycles. The molecule has 0 spiro atoms. The van der Waals surface area contributed by atoms with Crippen LogP contribution >= 0.6 is 0 Å². The average molecular weight is 214 g/mol. The van der Waals surface area contributed by atoms with Gasteiger partial charge in [-0.25, -0.2) is 0 Å². The van der Waals surface area contributed by atoms with E-state index in [0.29, 0.717) is 11.5 Å². The summed E-state index contributed by atoms with van der Waals surface area (Å²) in [6.07, 6.45) is 3.60. The van der Waals surface area contributed by atoms with E-state index in [0.717, 1.165) is 19.6 Å². The Morgan fingerprint density at radius 1 is 1.13 bits per heavy atom. The minimum atomic E-state index is 0.333. The highest BCUT2D eigenvalue weighted by atomic mass is 15.2. The smallest absolute Gasteiger partial charge is 0.00644 e. The standard InChI is InChI=1S/C13H30N2/c1-6-12(5)15(9-4)11-13(7-2,8-3)10-14/h12H,6-11,14H2,1-5H3. The van der Waals surface area contributed by atoms with E-state index in [2.05, 4.69) is 39.5 Å². The summed E-state index contributed by atoms with van der Waals surface area (Å²) in [5.74, 6) is 0. The van der Waals surface area contributed by atoms with Gasteiger partial charge in [-0.3, -0.25) is 0 Å². The lowest BCUT2D eigenvalue weighted by Gasteiger charge is -2.38. The second-order valence-corrected chi connectivity index (χ2v) is 4.73. The molecule has 0 radical (unpaired) electrons. The first-order chi connectivity index (χ1) is 7.09. The normalized spacial score (nSPS) is 14.6. The van der Waals surface area contributed by atoms with E-state index in [4.69, 9.17) is 5.73 Å². The Kier molecular flexibility index (Phi) is 7.20. The number of hydrogen-bond donors (Lipinski definition) is 1. The predicted molar refractivity (Wildman–Crippen MR) is 69.1 cm³/mol. The molecule has 0 aromatic rings. The molecule has 0 aliphatic heterocycles. The lowest BCUT2D eigenvalue weighted by atomic mass is 9.81. The van der Waals surface area contributed by atoms with E-state index in [1.165, 1.54) is 19.3 Å². The lowest BCUT2D eigenvalue weighted by Crippen LogP contribution is -2.45. The maximum Gasteiger partial charge on any atom is 0.00644 e. The zero-order chi connectivity index (χ0) is 11.9. The van der Waals surface area contributed by atoms with Gasteiger partial charge in [0.2, 0.25) is 0 Å². The van der Waals surface area contributed by atoms with E-state index in [9.17, 15) is 0 Å². The molecule has 0 aromatic heterocycles. The number of hydrogen-bond acceptors (Lipinski definition) is 2. The molecule has 0 amide bonds. The highest BCUT2D eigenvalue weighted by Gasteiger charge is 2.28. The molecule has 0 rings (SSSR count). The van der Waals surface area contributed by atoms with Gasteiger partial charge in [-0.05, 0) is 44.7 Å². The van der Waals surface area contributed by atoms with Crippen LogP contribution in [0, 0.1) is 5.41 Å². The van der Waals surface area contributed by atoms with Crippen molar-refractivity contribution in [2.45, 2.75) is 59.9 Å². The Balaban J connectivity index is 4.47. The van der Waals surface area contributed by atoms with Crippen molar-refractivity contribution in [3.63, 3.8) is 0 Å². The molecule has 0 aliphatic rings. The van der Waals surface area contributed by atoms with Crippen molar-refractivity contribution in [2.75, 3.05) is 19.6 Å². The van der Waals surface area contributed by atoms with Crippen molar-refractivity contribution in [1.82, 2.24) is 4.90 Å². The topological polar surface area (TPSA) is 29.3 Å². The number of nitrogens with zero attached hydrogens (tertiary/aromatic N) is 1. The Labute approximate surface area is 96.2 Å². The van der Waals surface area contributed by atoms with Gasteiger partial charge in [-0.2, -0.15) is 0 Å². The third-order valence-corrected chi connectivity index (χ3v) is 4.09. The van der Waals surface area contributed by atoms with Crippen LogP contribution in [0.1, 0.15) is 53.9 Å². The summed E-state index contributed by atoms with van der Waals surface area (Å²) in [7, 11) is 0. The molecular weight excluding hydrogens is 184 g/mol. The van der Waals surface area contributed by atoms with Gasteiger partial charge >= 0.3 is 0 Å². The molecule has 2 heteroatoms. The van der Waals surface area contributed by atoms with Crippen molar-refractivity contribution in [3.05, 3.63) is 0 Å². The molecular formula is C13H30N2. The summed E-state index contributed by atoms with van der Waals surface area (Å²) in [6, 6.07) is 0.680. The second kappa shape index (κ2) is 7.24.